The van der Waals surface area contributed by atoms with Crippen LogP contribution in [0.4, 0.5) is 5.82 Å². The maximum atomic E-state index is 12.4. The van der Waals surface area contributed by atoms with E-state index < -0.39 is 0 Å². The van der Waals surface area contributed by atoms with E-state index in [-0.39, 0.29) is 5.78 Å². The number of aryl methyl sites for hydroxylation is 1. The molecule has 2 heterocycles. The zero-order chi connectivity index (χ0) is 21.8. The first-order valence-electron chi connectivity index (χ1n) is 9.20. The molecule has 0 radical (unpaired) electrons. The van der Waals surface area contributed by atoms with E-state index in [2.05, 4.69) is 16.0 Å². The van der Waals surface area contributed by atoms with E-state index in [1.54, 1.807) is 41.6 Å². The fourth-order valence-corrected chi connectivity index (χ4v) is 3.24. The molecule has 0 fully saturated rings. The number of rotatable bonds is 5. The van der Waals surface area contributed by atoms with E-state index in [1.807, 2.05) is 33.2 Å². The second-order valence-corrected chi connectivity index (χ2v) is 7.42. The van der Waals surface area contributed by atoms with Gasteiger partial charge in [0.1, 0.15) is 5.15 Å². The number of hydrogen-bond acceptors (Lipinski definition) is 5. The highest BCUT2D eigenvalue weighted by molar-refractivity contribution is 6.29. The van der Waals surface area contributed by atoms with Gasteiger partial charge >= 0.3 is 0 Å². The summed E-state index contributed by atoms with van der Waals surface area (Å²) >= 11 is 6.19. The number of aliphatic imine (C=N–C) groups is 1. The molecule has 0 N–H and O–H groups in total. The lowest BCUT2D eigenvalue weighted by molar-refractivity contribution is 0.101. The summed E-state index contributed by atoms with van der Waals surface area (Å²) in [6.45, 7) is 3.33. The highest BCUT2D eigenvalue weighted by atomic mass is 35.5. The van der Waals surface area contributed by atoms with Crippen molar-refractivity contribution in [2.45, 2.75) is 13.8 Å². The van der Waals surface area contributed by atoms with Crippen LogP contribution in [0.25, 0.3) is 22.4 Å². The average Bonchev–Trinajstić information content (AvgIpc) is 2.70. The number of aromatic nitrogens is 2. The third-order valence-electron chi connectivity index (χ3n) is 4.29. The van der Waals surface area contributed by atoms with Crippen LogP contribution in [0.5, 0.6) is 0 Å². The van der Waals surface area contributed by atoms with E-state index in [0.29, 0.717) is 33.4 Å². The Morgan fingerprint density at radius 1 is 1.17 bits per heavy atom. The number of nitrogens with zero attached hydrogens (tertiary/aromatic N) is 5. The van der Waals surface area contributed by atoms with Gasteiger partial charge in [-0.1, -0.05) is 23.7 Å². The number of pyridine rings is 2. The monoisotopic (exact) mass is 417 g/mol. The van der Waals surface area contributed by atoms with Gasteiger partial charge in [-0.15, -0.1) is 0 Å². The maximum absolute atomic E-state index is 12.4. The maximum Gasteiger partial charge on any atom is 0.165 e. The quantitative estimate of drug-likeness (QED) is 0.250. The molecular formula is C23H20ClN5O. The van der Waals surface area contributed by atoms with Crippen LogP contribution in [0, 0.1) is 18.3 Å². The van der Waals surface area contributed by atoms with Crippen molar-refractivity contribution in [2.75, 3.05) is 14.1 Å². The van der Waals surface area contributed by atoms with Gasteiger partial charge in [-0.3, -0.25) is 4.79 Å². The van der Waals surface area contributed by atoms with E-state index in [0.717, 1.165) is 16.8 Å². The van der Waals surface area contributed by atoms with Gasteiger partial charge < -0.3 is 4.90 Å². The molecule has 1 aromatic carbocycles. The van der Waals surface area contributed by atoms with Gasteiger partial charge in [-0.2, -0.15) is 5.26 Å². The molecule has 0 unspecified atom stereocenters. The summed E-state index contributed by atoms with van der Waals surface area (Å²) < 4.78 is 0. The van der Waals surface area contributed by atoms with Crippen LogP contribution in [-0.2, 0) is 0 Å². The lowest BCUT2D eigenvalue weighted by Crippen LogP contribution is -2.08. The van der Waals surface area contributed by atoms with Gasteiger partial charge in [0.2, 0.25) is 0 Å². The standard InChI is InChI=1S/C23H20ClN5O/c1-14-8-18(10-21(24)27-14)20-11-19(15(2)30)23(26-13-29(3)4)28-22(20)17-7-5-6-16(9-17)12-25/h5-11,13H,1-4H3. The Bertz CT molecular complexity index is 1170. The van der Waals surface area contributed by atoms with E-state index >= 15 is 0 Å². The van der Waals surface area contributed by atoms with E-state index in [4.69, 9.17) is 16.6 Å². The Morgan fingerprint density at radius 2 is 1.93 bits per heavy atom. The summed E-state index contributed by atoms with van der Waals surface area (Å²) in [5.41, 5.74) is 4.49. The summed E-state index contributed by atoms with van der Waals surface area (Å²) in [5.74, 6) is 0.165. The molecule has 0 saturated carbocycles. The number of carbonyl (C=O) groups excluding carboxylic acids is 1. The number of Topliss-reactive ketones (excluding diaryl/α,β-unsaturated/α-hetero) is 1. The molecule has 0 spiro atoms. The van der Waals surface area contributed by atoms with Crippen molar-refractivity contribution in [2.24, 2.45) is 4.99 Å². The largest absolute Gasteiger partial charge is 0.369 e. The molecule has 7 heteroatoms. The fraction of sp³-hybridized carbons (Fsp3) is 0.174. The van der Waals surface area contributed by atoms with Crippen molar-refractivity contribution in [1.82, 2.24) is 14.9 Å². The zero-order valence-corrected chi connectivity index (χ0v) is 17.9. The number of nitriles is 1. The molecule has 3 rings (SSSR count). The average molecular weight is 418 g/mol. The number of ketones is 1. The first-order valence-corrected chi connectivity index (χ1v) is 9.58. The summed E-state index contributed by atoms with van der Waals surface area (Å²) in [6, 6.07) is 14.7. The third-order valence-corrected chi connectivity index (χ3v) is 4.48. The van der Waals surface area contributed by atoms with Gasteiger partial charge in [-0.05, 0) is 49.7 Å². The second kappa shape index (κ2) is 8.85. The second-order valence-electron chi connectivity index (χ2n) is 7.03. The molecule has 150 valence electrons. The van der Waals surface area contributed by atoms with Crippen LogP contribution in [-0.4, -0.2) is 41.1 Å². The molecular weight excluding hydrogens is 398 g/mol. The van der Waals surface area contributed by atoms with Crippen molar-refractivity contribution < 1.29 is 4.79 Å². The predicted molar refractivity (Wildman–Crippen MR) is 119 cm³/mol. The minimum atomic E-state index is -0.149. The Balaban J connectivity index is 2.37. The third kappa shape index (κ3) is 4.70. The summed E-state index contributed by atoms with van der Waals surface area (Å²) in [6.07, 6.45) is 1.59. The van der Waals surface area contributed by atoms with Crippen LogP contribution in [0.1, 0.15) is 28.5 Å². The number of hydrogen-bond donors (Lipinski definition) is 0. The molecule has 6 nitrogen and oxygen atoms in total. The smallest absolute Gasteiger partial charge is 0.165 e. The van der Waals surface area contributed by atoms with Crippen molar-refractivity contribution in [3.8, 4) is 28.5 Å². The van der Waals surface area contributed by atoms with E-state index in [9.17, 15) is 10.1 Å². The number of carbonyl (C=O) groups is 1. The lowest BCUT2D eigenvalue weighted by atomic mass is 9.96. The normalized spacial score (nSPS) is 10.8. The highest BCUT2D eigenvalue weighted by Gasteiger charge is 2.18. The van der Waals surface area contributed by atoms with Crippen LogP contribution in [0.3, 0.4) is 0 Å². The zero-order valence-electron chi connectivity index (χ0n) is 17.1. The first kappa shape index (κ1) is 21.2. The molecule has 0 saturated heterocycles. The Morgan fingerprint density at radius 3 is 2.57 bits per heavy atom. The van der Waals surface area contributed by atoms with Crippen LogP contribution >= 0.6 is 11.6 Å². The first-order chi connectivity index (χ1) is 14.3. The van der Waals surface area contributed by atoms with Crippen molar-refractivity contribution >= 4 is 29.5 Å². The lowest BCUT2D eigenvalue weighted by Gasteiger charge is -2.14. The van der Waals surface area contributed by atoms with E-state index in [1.165, 1.54) is 6.92 Å². The van der Waals surface area contributed by atoms with Gasteiger partial charge in [0.15, 0.2) is 11.6 Å². The summed E-state index contributed by atoms with van der Waals surface area (Å²) in [5, 5.41) is 9.66. The van der Waals surface area contributed by atoms with Crippen molar-refractivity contribution in [3.05, 3.63) is 64.4 Å². The Kier molecular flexibility index (Phi) is 6.24. The fourth-order valence-electron chi connectivity index (χ4n) is 2.99. The molecule has 30 heavy (non-hydrogen) atoms. The van der Waals surface area contributed by atoms with Gasteiger partial charge in [0, 0.05) is 30.9 Å². The minimum absolute atomic E-state index is 0.149. The SMILES string of the molecule is CC(=O)c1cc(-c2cc(C)nc(Cl)c2)c(-c2cccc(C#N)c2)nc1N=CN(C)C. The number of halogens is 1. The predicted octanol–water partition coefficient (Wildman–Crippen LogP) is 5.07. The summed E-state index contributed by atoms with van der Waals surface area (Å²) in [7, 11) is 3.68. The van der Waals surface area contributed by atoms with Gasteiger partial charge in [-0.25, -0.2) is 15.0 Å². The Labute approximate surface area is 180 Å². The van der Waals surface area contributed by atoms with Gasteiger partial charge in [0.25, 0.3) is 0 Å². The molecule has 0 atom stereocenters. The molecule has 0 aliphatic heterocycles. The van der Waals surface area contributed by atoms with Crippen molar-refractivity contribution in [1.29, 1.82) is 5.26 Å². The van der Waals surface area contributed by atoms with Crippen LogP contribution < -0.4 is 0 Å². The molecule has 3 aromatic rings. The van der Waals surface area contributed by atoms with Crippen molar-refractivity contribution in [3.63, 3.8) is 0 Å². The topological polar surface area (TPSA) is 82.2 Å². The number of benzene rings is 1. The molecule has 2 aromatic heterocycles. The molecule has 0 amide bonds. The van der Waals surface area contributed by atoms with Crippen LogP contribution in [0.2, 0.25) is 5.15 Å². The van der Waals surface area contributed by atoms with Gasteiger partial charge in [0.05, 0.1) is 29.2 Å². The Hall–Kier alpha value is -3.56. The summed E-state index contributed by atoms with van der Waals surface area (Å²) in [4.78, 5) is 27.5. The molecule has 0 aliphatic carbocycles. The molecule has 0 aliphatic rings. The minimum Gasteiger partial charge on any atom is -0.369 e. The molecule has 0 bridgehead atoms. The highest BCUT2D eigenvalue weighted by Crippen LogP contribution is 2.36. The van der Waals surface area contributed by atoms with Crippen LogP contribution in [0.15, 0.2) is 47.5 Å².